The molecule has 0 bridgehead atoms. The van der Waals surface area contributed by atoms with Crippen LogP contribution in [0.2, 0.25) is 5.02 Å². The van der Waals surface area contributed by atoms with Crippen LogP contribution in [0.1, 0.15) is 26.3 Å². The topological polar surface area (TPSA) is 98.5 Å². The minimum atomic E-state index is -0.760. The van der Waals surface area contributed by atoms with Crippen LogP contribution in [0.5, 0.6) is 0 Å². The standard InChI is InChI=1S/C21H14ClFN2O5/c22-17-11-14(25(28)29)9-10-15(17)20(26)24-19-8-4-2-6-16(19)21(27)30-12-13-5-1-3-7-18(13)23/h1-11H,12H2,(H,24,26). The molecule has 0 radical (unpaired) electrons. The van der Waals surface area contributed by atoms with Crippen LogP contribution in [-0.2, 0) is 11.3 Å². The predicted octanol–water partition coefficient (Wildman–Crippen LogP) is 5.00. The number of carbonyl (C=O) groups excluding carboxylic acids is 2. The zero-order chi connectivity index (χ0) is 21.7. The lowest BCUT2D eigenvalue weighted by Crippen LogP contribution is -2.16. The molecule has 7 nitrogen and oxygen atoms in total. The molecule has 0 aliphatic carbocycles. The molecule has 0 atom stereocenters. The summed E-state index contributed by atoms with van der Waals surface area (Å²) in [5, 5.41) is 13.2. The third-order valence-electron chi connectivity index (χ3n) is 4.12. The number of ether oxygens (including phenoxy) is 1. The largest absolute Gasteiger partial charge is 0.457 e. The van der Waals surface area contributed by atoms with Gasteiger partial charge in [-0.3, -0.25) is 14.9 Å². The number of benzene rings is 3. The van der Waals surface area contributed by atoms with Gasteiger partial charge in [0.25, 0.3) is 11.6 Å². The Hall–Kier alpha value is -3.78. The summed E-state index contributed by atoms with van der Waals surface area (Å²) in [5.41, 5.74) is 0.158. The number of nitrogens with zero attached hydrogens (tertiary/aromatic N) is 1. The van der Waals surface area contributed by atoms with E-state index in [1.54, 1.807) is 18.2 Å². The molecule has 0 spiro atoms. The van der Waals surface area contributed by atoms with Crippen molar-refractivity contribution in [2.24, 2.45) is 0 Å². The van der Waals surface area contributed by atoms with Crippen LogP contribution in [0.4, 0.5) is 15.8 Å². The number of nitro benzene ring substituents is 1. The molecule has 1 N–H and O–H groups in total. The van der Waals surface area contributed by atoms with Crippen LogP contribution >= 0.6 is 11.6 Å². The summed E-state index contributed by atoms with van der Waals surface area (Å²) in [6.07, 6.45) is 0. The van der Waals surface area contributed by atoms with Crippen LogP contribution in [-0.4, -0.2) is 16.8 Å². The van der Waals surface area contributed by atoms with E-state index in [1.165, 1.54) is 36.4 Å². The van der Waals surface area contributed by atoms with Gasteiger partial charge in [0.2, 0.25) is 0 Å². The van der Waals surface area contributed by atoms with Gasteiger partial charge in [-0.25, -0.2) is 9.18 Å². The van der Waals surface area contributed by atoms with Gasteiger partial charge < -0.3 is 10.1 Å². The smallest absolute Gasteiger partial charge is 0.340 e. The van der Waals surface area contributed by atoms with E-state index < -0.39 is 22.6 Å². The summed E-state index contributed by atoms with van der Waals surface area (Å²) < 4.78 is 18.9. The Balaban J connectivity index is 1.76. The first-order chi connectivity index (χ1) is 14.4. The van der Waals surface area contributed by atoms with Gasteiger partial charge in [0, 0.05) is 17.7 Å². The maximum atomic E-state index is 13.7. The van der Waals surface area contributed by atoms with Gasteiger partial charge in [-0.1, -0.05) is 41.9 Å². The number of hydrogen-bond acceptors (Lipinski definition) is 5. The molecule has 3 aromatic carbocycles. The number of para-hydroxylation sites is 1. The molecule has 0 aliphatic heterocycles. The first kappa shape index (κ1) is 20.9. The Morgan fingerprint density at radius 3 is 2.43 bits per heavy atom. The number of rotatable bonds is 6. The maximum Gasteiger partial charge on any atom is 0.340 e. The zero-order valence-corrected chi connectivity index (χ0v) is 16.1. The number of halogens is 2. The molecule has 0 saturated heterocycles. The molecule has 0 saturated carbocycles. The Morgan fingerprint density at radius 1 is 1.03 bits per heavy atom. The van der Waals surface area contributed by atoms with Crippen molar-refractivity contribution in [3.8, 4) is 0 Å². The summed E-state index contributed by atoms with van der Waals surface area (Å²) >= 11 is 5.98. The Bertz CT molecular complexity index is 1140. The number of nitrogens with one attached hydrogen (secondary N) is 1. The second kappa shape index (κ2) is 9.15. The van der Waals surface area contributed by atoms with Gasteiger partial charge in [0.15, 0.2) is 0 Å². The SMILES string of the molecule is O=C(Nc1ccccc1C(=O)OCc1ccccc1F)c1ccc([N+](=O)[O-])cc1Cl. The lowest BCUT2D eigenvalue weighted by atomic mass is 10.1. The van der Waals surface area contributed by atoms with Gasteiger partial charge in [0.05, 0.1) is 26.8 Å². The van der Waals surface area contributed by atoms with Gasteiger partial charge in [-0.05, 0) is 24.3 Å². The third-order valence-corrected chi connectivity index (χ3v) is 4.43. The summed E-state index contributed by atoms with van der Waals surface area (Å²) in [5.74, 6) is -1.92. The molecule has 0 unspecified atom stereocenters. The van der Waals surface area contributed by atoms with Gasteiger partial charge in [-0.15, -0.1) is 0 Å². The molecule has 1 amide bonds. The van der Waals surface area contributed by atoms with Crippen LogP contribution in [0, 0.1) is 15.9 Å². The predicted molar refractivity (Wildman–Crippen MR) is 108 cm³/mol. The van der Waals surface area contributed by atoms with Crippen molar-refractivity contribution in [3.63, 3.8) is 0 Å². The fraction of sp³-hybridized carbons (Fsp3) is 0.0476. The summed E-state index contributed by atoms with van der Waals surface area (Å²) in [7, 11) is 0. The minimum Gasteiger partial charge on any atom is -0.457 e. The van der Waals surface area contributed by atoms with Crippen molar-refractivity contribution in [1.29, 1.82) is 0 Å². The summed E-state index contributed by atoms with van der Waals surface area (Å²) in [6, 6.07) is 15.4. The summed E-state index contributed by atoms with van der Waals surface area (Å²) in [4.78, 5) is 35.2. The van der Waals surface area contributed by atoms with Gasteiger partial charge in [0.1, 0.15) is 12.4 Å². The van der Waals surface area contributed by atoms with Crippen molar-refractivity contribution in [3.05, 3.63) is 104 Å². The second-order valence-corrected chi connectivity index (χ2v) is 6.50. The van der Waals surface area contributed by atoms with Gasteiger partial charge in [-0.2, -0.15) is 0 Å². The number of esters is 1. The molecular formula is C21H14ClFN2O5. The third kappa shape index (κ3) is 4.79. The Morgan fingerprint density at radius 2 is 1.73 bits per heavy atom. The second-order valence-electron chi connectivity index (χ2n) is 6.09. The highest BCUT2D eigenvalue weighted by Crippen LogP contribution is 2.24. The average Bonchev–Trinajstić information content (AvgIpc) is 2.73. The molecule has 3 aromatic rings. The first-order valence-electron chi connectivity index (χ1n) is 8.61. The van der Waals surface area contributed by atoms with E-state index in [0.29, 0.717) is 0 Å². The molecule has 0 fully saturated rings. The molecule has 0 heterocycles. The van der Waals surface area contributed by atoms with E-state index in [9.17, 15) is 24.1 Å². The van der Waals surface area contributed by atoms with Crippen molar-refractivity contribution >= 4 is 34.9 Å². The number of nitro groups is 1. The molecule has 152 valence electrons. The molecule has 0 aliphatic rings. The number of amides is 1. The van der Waals surface area contributed by atoms with E-state index in [2.05, 4.69) is 5.32 Å². The van der Waals surface area contributed by atoms with Crippen molar-refractivity contribution < 1.29 is 23.6 Å². The van der Waals surface area contributed by atoms with E-state index in [4.69, 9.17) is 16.3 Å². The van der Waals surface area contributed by atoms with E-state index in [-0.39, 0.29) is 39.7 Å². The number of carbonyl (C=O) groups is 2. The Labute approximate surface area is 175 Å². The van der Waals surface area contributed by atoms with E-state index in [0.717, 1.165) is 12.1 Å². The van der Waals surface area contributed by atoms with Crippen molar-refractivity contribution in [2.75, 3.05) is 5.32 Å². The fourth-order valence-electron chi connectivity index (χ4n) is 2.60. The first-order valence-corrected chi connectivity index (χ1v) is 8.99. The lowest BCUT2D eigenvalue weighted by Gasteiger charge is -2.12. The fourth-order valence-corrected chi connectivity index (χ4v) is 2.86. The van der Waals surface area contributed by atoms with Crippen LogP contribution in [0.3, 0.4) is 0 Å². The molecular weight excluding hydrogens is 415 g/mol. The van der Waals surface area contributed by atoms with E-state index >= 15 is 0 Å². The zero-order valence-electron chi connectivity index (χ0n) is 15.3. The van der Waals surface area contributed by atoms with Crippen molar-refractivity contribution in [1.82, 2.24) is 0 Å². The minimum absolute atomic E-state index is 0.00297. The quantitative estimate of drug-likeness (QED) is 0.338. The average molecular weight is 429 g/mol. The van der Waals surface area contributed by atoms with Crippen LogP contribution < -0.4 is 5.32 Å². The molecule has 0 aromatic heterocycles. The highest BCUT2D eigenvalue weighted by molar-refractivity contribution is 6.34. The van der Waals surface area contributed by atoms with Crippen LogP contribution in [0.15, 0.2) is 66.7 Å². The number of non-ortho nitro benzene ring substituents is 1. The van der Waals surface area contributed by atoms with Gasteiger partial charge >= 0.3 is 5.97 Å². The summed E-state index contributed by atoms with van der Waals surface area (Å²) in [6.45, 7) is -0.276. The number of hydrogen-bond donors (Lipinski definition) is 1. The van der Waals surface area contributed by atoms with E-state index in [1.807, 2.05) is 0 Å². The highest BCUT2D eigenvalue weighted by Gasteiger charge is 2.19. The normalized spacial score (nSPS) is 10.3. The molecule has 9 heteroatoms. The molecule has 30 heavy (non-hydrogen) atoms. The number of anilines is 1. The lowest BCUT2D eigenvalue weighted by molar-refractivity contribution is -0.384. The Kier molecular flexibility index (Phi) is 6.38. The highest BCUT2D eigenvalue weighted by atomic mass is 35.5. The monoisotopic (exact) mass is 428 g/mol. The maximum absolute atomic E-state index is 13.7. The van der Waals surface area contributed by atoms with Crippen LogP contribution in [0.25, 0.3) is 0 Å². The van der Waals surface area contributed by atoms with Crippen molar-refractivity contribution in [2.45, 2.75) is 6.61 Å². The molecule has 3 rings (SSSR count).